The van der Waals surface area contributed by atoms with Crippen molar-refractivity contribution < 1.29 is 9.47 Å². The summed E-state index contributed by atoms with van der Waals surface area (Å²) in [6.07, 6.45) is 0. The van der Waals surface area contributed by atoms with E-state index in [1.54, 1.807) is 7.11 Å². The number of aryl methyl sites for hydroxylation is 3. The van der Waals surface area contributed by atoms with Crippen LogP contribution in [0.5, 0.6) is 11.5 Å². The van der Waals surface area contributed by atoms with Crippen molar-refractivity contribution in [3.05, 3.63) is 58.7 Å². The van der Waals surface area contributed by atoms with Crippen LogP contribution in [-0.2, 0) is 0 Å². The Balaban J connectivity index is 2.13. The Morgan fingerprint density at radius 1 is 1.05 bits per heavy atom. The molecule has 112 valence electrons. The summed E-state index contributed by atoms with van der Waals surface area (Å²) in [4.78, 5) is 0. The van der Waals surface area contributed by atoms with Crippen LogP contribution in [0, 0.1) is 20.8 Å². The van der Waals surface area contributed by atoms with E-state index in [0.29, 0.717) is 6.61 Å². The Morgan fingerprint density at radius 3 is 2.29 bits per heavy atom. The largest absolute Gasteiger partial charge is 0.496 e. The number of hydrogen-bond donors (Lipinski definition) is 1. The third kappa shape index (κ3) is 3.56. The zero-order chi connectivity index (χ0) is 15.4. The van der Waals surface area contributed by atoms with Crippen LogP contribution in [0.25, 0.3) is 0 Å². The second-order valence-electron chi connectivity index (χ2n) is 5.39. The van der Waals surface area contributed by atoms with Crippen molar-refractivity contribution in [3.8, 4) is 11.5 Å². The Labute approximate surface area is 126 Å². The van der Waals surface area contributed by atoms with Gasteiger partial charge in [-0.1, -0.05) is 35.9 Å². The molecule has 0 aromatic heterocycles. The lowest BCUT2D eigenvalue weighted by molar-refractivity contribution is 0.283. The average molecular weight is 285 g/mol. The van der Waals surface area contributed by atoms with Crippen LogP contribution in [0.3, 0.4) is 0 Å². The van der Waals surface area contributed by atoms with Crippen LogP contribution < -0.4 is 15.2 Å². The van der Waals surface area contributed by atoms with E-state index in [9.17, 15) is 0 Å². The minimum absolute atomic E-state index is 0.221. The first-order valence-electron chi connectivity index (χ1n) is 7.12. The summed E-state index contributed by atoms with van der Waals surface area (Å²) in [6.45, 7) is 6.63. The minimum atomic E-state index is -0.221. The van der Waals surface area contributed by atoms with Crippen LogP contribution in [0.15, 0.2) is 36.4 Å². The molecule has 3 heteroatoms. The third-order valence-corrected chi connectivity index (χ3v) is 3.55. The highest BCUT2D eigenvalue weighted by molar-refractivity contribution is 5.43. The Kier molecular flexibility index (Phi) is 4.86. The summed E-state index contributed by atoms with van der Waals surface area (Å²) in [7, 11) is 1.65. The van der Waals surface area contributed by atoms with Gasteiger partial charge in [0.05, 0.1) is 13.2 Å². The van der Waals surface area contributed by atoms with E-state index < -0.39 is 0 Å². The molecule has 0 fully saturated rings. The standard InChI is InChI=1S/C18H23NO2/c1-12-9-13(2)18(14(3)10-12)21-11-16(19)15-7-5-6-8-17(15)20-4/h5-10,16H,11,19H2,1-4H3. The van der Waals surface area contributed by atoms with E-state index in [1.165, 1.54) is 5.56 Å². The van der Waals surface area contributed by atoms with Crippen molar-refractivity contribution in [1.82, 2.24) is 0 Å². The fourth-order valence-electron chi connectivity index (χ4n) is 2.63. The van der Waals surface area contributed by atoms with Gasteiger partial charge in [0, 0.05) is 5.56 Å². The summed E-state index contributed by atoms with van der Waals surface area (Å²) in [5.74, 6) is 1.72. The van der Waals surface area contributed by atoms with Gasteiger partial charge < -0.3 is 15.2 Å². The van der Waals surface area contributed by atoms with E-state index in [1.807, 2.05) is 24.3 Å². The molecule has 21 heavy (non-hydrogen) atoms. The first-order chi connectivity index (χ1) is 10.0. The predicted octanol–water partition coefficient (Wildman–Crippen LogP) is 3.70. The molecule has 1 atom stereocenters. The maximum Gasteiger partial charge on any atom is 0.125 e. The molecule has 1 unspecified atom stereocenters. The zero-order valence-electron chi connectivity index (χ0n) is 13.1. The molecule has 2 aromatic carbocycles. The van der Waals surface area contributed by atoms with Crippen LogP contribution in [-0.4, -0.2) is 13.7 Å². The average Bonchev–Trinajstić information content (AvgIpc) is 2.45. The maximum atomic E-state index is 6.24. The molecule has 2 rings (SSSR count). The summed E-state index contributed by atoms with van der Waals surface area (Å²) in [5.41, 5.74) is 10.7. The number of methoxy groups -OCH3 is 1. The molecule has 0 radical (unpaired) electrons. The fraction of sp³-hybridized carbons (Fsp3) is 0.333. The lowest BCUT2D eigenvalue weighted by Crippen LogP contribution is -2.20. The van der Waals surface area contributed by atoms with Crippen LogP contribution in [0.1, 0.15) is 28.3 Å². The minimum Gasteiger partial charge on any atom is -0.496 e. The first-order valence-corrected chi connectivity index (χ1v) is 7.12. The van der Waals surface area contributed by atoms with Crippen molar-refractivity contribution in [2.45, 2.75) is 26.8 Å². The lowest BCUT2D eigenvalue weighted by Gasteiger charge is -2.18. The maximum absolute atomic E-state index is 6.24. The molecule has 0 saturated carbocycles. The molecule has 0 bridgehead atoms. The molecule has 0 amide bonds. The normalized spacial score (nSPS) is 12.0. The number of benzene rings is 2. The van der Waals surface area contributed by atoms with Gasteiger partial charge in [0.25, 0.3) is 0 Å². The highest BCUT2D eigenvalue weighted by atomic mass is 16.5. The van der Waals surface area contributed by atoms with Crippen molar-refractivity contribution in [1.29, 1.82) is 0 Å². The summed E-state index contributed by atoms with van der Waals surface area (Å²) < 4.78 is 11.3. The highest BCUT2D eigenvalue weighted by Crippen LogP contribution is 2.27. The van der Waals surface area contributed by atoms with Gasteiger partial charge in [-0.25, -0.2) is 0 Å². The van der Waals surface area contributed by atoms with Gasteiger partial charge in [-0.2, -0.15) is 0 Å². The van der Waals surface area contributed by atoms with E-state index in [4.69, 9.17) is 15.2 Å². The Bertz CT molecular complexity index is 599. The smallest absolute Gasteiger partial charge is 0.125 e. The van der Waals surface area contributed by atoms with E-state index >= 15 is 0 Å². The molecule has 0 aliphatic heterocycles. The van der Waals surface area contributed by atoms with Gasteiger partial charge in [0.1, 0.15) is 18.1 Å². The number of nitrogens with two attached hydrogens (primary N) is 1. The van der Waals surface area contributed by atoms with Gasteiger partial charge in [0.2, 0.25) is 0 Å². The zero-order valence-corrected chi connectivity index (χ0v) is 13.1. The molecular formula is C18H23NO2. The number of para-hydroxylation sites is 1. The molecule has 2 aromatic rings. The van der Waals surface area contributed by atoms with Crippen molar-refractivity contribution >= 4 is 0 Å². The lowest BCUT2D eigenvalue weighted by atomic mass is 10.1. The number of hydrogen-bond acceptors (Lipinski definition) is 3. The van der Waals surface area contributed by atoms with Gasteiger partial charge in [-0.3, -0.25) is 0 Å². The molecule has 0 aliphatic carbocycles. The quantitative estimate of drug-likeness (QED) is 0.911. The summed E-state index contributed by atoms with van der Waals surface area (Å²) in [6, 6.07) is 11.8. The second kappa shape index (κ2) is 6.64. The summed E-state index contributed by atoms with van der Waals surface area (Å²) >= 11 is 0. The third-order valence-electron chi connectivity index (χ3n) is 3.55. The first kappa shape index (κ1) is 15.4. The Morgan fingerprint density at radius 2 is 1.67 bits per heavy atom. The van der Waals surface area contributed by atoms with Gasteiger partial charge >= 0.3 is 0 Å². The summed E-state index contributed by atoms with van der Waals surface area (Å²) in [5, 5.41) is 0. The molecule has 0 aliphatic rings. The van der Waals surface area contributed by atoms with E-state index in [0.717, 1.165) is 28.2 Å². The van der Waals surface area contributed by atoms with Gasteiger partial charge in [0.15, 0.2) is 0 Å². The molecule has 0 heterocycles. The van der Waals surface area contributed by atoms with E-state index in [2.05, 4.69) is 32.9 Å². The van der Waals surface area contributed by atoms with Crippen LogP contribution >= 0.6 is 0 Å². The van der Waals surface area contributed by atoms with Crippen molar-refractivity contribution in [2.75, 3.05) is 13.7 Å². The number of rotatable bonds is 5. The van der Waals surface area contributed by atoms with Crippen molar-refractivity contribution in [3.63, 3.8) is 0 Å². The molecule has 2 N–H and O–H groups in total. The van der Waals surface area contributed by atoms with Gasteiger partial charge in [-0.05, 0) is 38.0 Å². The molecule has 3 nitrogen and oxygen atoms in total. The van der Waals surface area contributed by atoms with E-state index in [-0.39, 0.29) is 6.04 Å². The molecular weight excluding hydrogens is 262 g/mol. The van der Waals surface area contributed by atoms with Crippen LogP contribution in [0.2, 0.25) is 0 Å². The molecule has 0 spiro atoms. The van der Waals surface area contributed by atoms with Gasteiger partial charge in [-0.15, -0.1) is 0 Å². The topological polar surface area (TPSA) is 44.5 Å². The van der Waals surface area contributed by atoms with Crippen LogP contribution in [0.4, 0.5) is 0 Å². The SMILES string of the molecule is COc1ccccc1C(N)COc1c(C)cc(C)cc1C. The highest BCUT2D eigenvalue weighted by Gasteiger charge is 2.13. The monoisotopic (exact) mass is 285 g/mol. The predicted molar refractivity (Wildman–Crippen MR) is 86.1 cm³/mol. The Hall–Kier alpha value is -2.00. The van der Waals surface area contributed by atoms with Crippen molar-refractivity contribution in [2.24, 2.45) is 5.73 Å². The second-order valence-corrected chi connectivity index (χ2v) is 5.39. The number of ether oxygens (including phenoxy) is 2. The molecule has 0 saturated heterocycles. The fourth-order valence-corrected chi connectivity index (χ4v) is 2.63.